The molecular weight excluding hydrogens is 518 g/mol. The van der Waals surface area contributed by atoms with Crippen molar-refractivity contribution >= 4 is 30.4 Å². The van der Waals surface area contributed by atoms with Gasteiger partial charge in [0, 0.05) is 0 Å². The predicted molar refractivity (Wildman–Crippen MR) is 190 cm³/mol. The Hall–Kier alpha value is -2.26. The van der Waals surface area contributed by atoms with Crippen LogP contribution in [0, 0.1) is 17.8 Å². The normalized spacial score (nSPS) is 12.8. The van der Waals surface area contributed by atoms with Gasteiger partial charge in [-0.05, 0) is 0 Å². The van der Waals surface area contributed by atoms with E-state index in [-0.39, 0.29) is 0 Å². The fraction of sp³-hybridized carbons (Fsp3) is 0.368. The van der Waals surface area contributed by atoms with Crippen molar-refractivity contribution in [2.24, 2.45) is 17.8 Å². The Balaban J connectivity index is 0.000000270. The molecule has 0 atom stereocenters. The number of hydrogen-bond donors (Lipinski definition) is 0. The molecule has 0 unspecified atom stereocenters. The Morgan fingerprint density at radius 2 is 0.700 bits per heavy atom. The van der Waals surface area contributed by atoms with Crippen LogP contribution in [-0.4, -0.2) is 25.2 Å². The molecule has 0 aliphatic carbocycles. The summed E-state index contributed by atoms with van der Waals surface area (Å²) in [4.78, 5) is 0. The zero-order valence-electron chi connectivity index (χ0n) is 26.1. The number of rotatable bonds is 11. The van der Waals surface area contributed by atoms with Gasteiger partial charge in [0.1, 0.15) is 0 Å². The Morgan fingerprint density at radius 1 is 0.425 bits per heavy atom. The van der Waals surface area contributed by atoms with Crippen LogP contribution in [0.1, 0.15) is 47.1 Å². The second-order valence-electron chi connectivity index (χ2n) is 13.3. The van der Waals surface area contributed by atoms with Crippen LogP contribution in [-0.2, 0) is 6.16 Å². The zero-order chi connectivity index (χ0) is 29.0. The second kappa shape index (κ2) is 15.7. The summed E-state index contributed by atoms with van der Waals surface area (Å²) >= 11 is 0. The van der Waals surface area contributed by atoms with Gasteiger partial charge in [-0.1, -0.05) is 0 Å². The van der Waals surface area contributed by atoms with Gasteiger partial charge in [-0.2, -0.15) is 0 Å². The maximum atomic E-state index is 2.62. The molecule has 0 heterocycles. The van der Waals surface area contributed by atoms with Crippen LogP contribution < -0.4 is 15.9 Å². The van der Waals surface area contributed by atoms with Crippen molar-refractivity contribution in [1.29, 1.82) is 0 Å². The van der Waals surface area contributed by atoms with Gasteiger partial charge in [-0.15, -0.1) is 0 Å². The molecule has 0 N–H and O–H groups in total. The third-order valence-corrected chi connectivity index (χ3v) is 18.1. The van der Waals surface area contributed by atoms with Gasteiger partial charge in [-0.3, -0.25) is 0 Å². The molecule has 0 radical (unpaired) electrons. The van der Waals surface area contributed by atoms with Crippen LogP contribution >= 0.6 is 14.5 Å². The summed E-state index contributed by atoms with van der Waals surface area (Å²) in [6.07, 6.45) is 5.61. The molecule has 0 aromatic heterocycles. The summed E-state index contributed by atoms with van der Waals surface area (Å²) in [6, 6.07) is 44.2. The van der Waals surface area contributed by atoms with Gasteiger partial charge < -0.3 is 0 Å². The van der Waals surface area contributed by atoms with Crippen LogP contribution in [0.3, 0.4) is 0 Å². The first-order chi connectivity index (χ1) is 19.1. The Morgan fingerprint density at radius 3 is 0.975 bits per heavy atom. The summed E-state index contributed by atoms with van der Waals surface area (Å²) in [6.45, 7) is 16.9. The first kappa shape index (κ1) is 32.3. The summed E-state index contributed by atoms with van der Waals surface area (Å²) in [7, 11) is -3.10. The molecule has 0 bridgehead atoms. The quantitative estimate of drug-likeness (QED) is 0.157. The van der Waals surface area contributed by atoms with Gasteiger partial charge in [-0.25, -0.2) is 0 Å². The van der Waals surface area contributed by atoms with Crippen molar-refractivity contribution in [1.82, 2.24) is 0 Å². The topological polar surface area (TPSA) is 0 Å². The van der Waals surface area contributed by atoms with E-state index in [1.54, 1.807) is 0 Å². The fourth-order valence-electron chi connectivity index (χ4n) is 7.08. The maximum absolute atomic E-state index is 2.62. The van der Waals surface area contributed by atoms with Crippen molar-refractivity contribution in [2.45, 2.75) is 47.7 Å². The minimum atomic E-state index is -2.16. The predicted octanol–water partition coefficient (Wildman–Crippen LogP) is 9.25. The molecule has 4 rings (SSSR count). The summed E-state index contributed by atoms with van der Waals surface area (Å²) in [5.74, 6) is 2.68. The van der Waals surface area contributed by atoms with Crippen molar-refractivity contribution in [2.75, 3.05) is 25.2 Å². The average molecular weight is 573 g/mol. The van der Waals surface area contributed by atoms with Crippen molar-refractivity contribution < 1.29 is 0 Å². The Bertz CT molecular complexity index is 1090. The summed E-state index contributed by atoms with van der Waals surface area (Å²) in [5, 5.41) is 4.38. The van der Waals surface area contributed by atoms with Crippen LogP contribution in [0.5, 0.6) is 0 Å². The van der Waals surface area contributed by atoms with Gasteiger partial charge in [0.25, 0.3) is 0 Å². The summed E-state index contributed by atoms with van der Waals surface area (Å²) in [5.41, 5.74) is 1.40. The van der Waals surface area contributed by atoms with Gasteiger partial charge in [0.05, 0.1) is 0 Å². The van der Waals surface area contributed by atoms with Gasteiger partial charge in [0.15, 0.2) is 0 Å². The molecule has 0 aliphatic rings. The van der Waals surface area contributed by atoms with Gasteiger partial charge >= 0.3 is 248 Å². The number of benzene rings is 4. The molecule has 40 heavy (non-hydrogen) atoms. The number of hydrogen-bond acceptors (Lipinski definition) is 0. The third kappa shape index (κ3) is 9.40. The molecule has 0 saturated heterocycles. The SMILES string of the molecule is CC(C)C[PH](C)(CC(C)C)CC(C)C.c1ccc(C[PH](c2ccccc2)(c2ccccc2)c2ccccc2)cc1. The van der Waals surface area contributed by atoms with E-state index in [9.17, 15) is 0 Å². The average Bonchev–Trinajstić information content (AvgIpc) is 2.92. The molecule has 0 nitrogen and oxygen atoms in total. The first-order valence-corrected chi connectivity index (χ1v) is 20.7. The van der Waals surface area contributed by atoms with E-state index in [0.29, 0.717) is 0 Å². The second-order valence-corrected chi connectivity index (χ2v) is 22.0. The van der Waals surface area contributed by atoms with Crippen LogP contribution in [0.25, 0.3) is 0 Å². The Kier molecular flexibility index (Phi) is 12.6. The van der Waals surface area contributed by atoms with Gasteiger partial charge in [0.2, 0.25) is 0 Å². The third-order valence-electron chi connectivity index (χ3n) is 7.82. The molecule has 2 heteroatoms. The van der Waals surface area contributed by atoms with Crippen LogP contribution in [0.4, 0.5) is 0 Å². The zero-order valence-corrected chi connectivity index (χ0v) is 28.1. The molecule has 4 aromatic carbocycles. The molecular formula is C38H54P2. The van der Waals surface area contributed by atoms with E-state index in [4.69, 9.17) is 0 Å². The van der Waals surface area contributed by atoms with Crippen molar-refractivity contribution in [3.8, 4) is 0 Å². The molecule has 0 aliphatic heterocycles. The molecule has 0 fully saturated rings. The van der Waals surface area contributed by atoms with E-state index >= 15 is 0 Å². The Labute approximate surface area is 247 Å². The van der Waals surface area contributed by atoms with Crippen molar-refractivity contribution in [3.63, 3.8) is 0 Å². The molecule has 216 valence electrons. The fourth-order valence-corrected chi connectivity index (χ4v) is 18.2. The van der Waals surface area contributed by atoms with E-state index in [1.165, 1.54) is 40.0 Å². The standard InChI is InChI=1S/C25H23P.C13H31P/c1-5-13-22(14-6-1)21-26(23-15-7-2-8-16-23,24-17-9-3-10-18-24)25-19-11-4-12-20-25;1-11(2)8-14(7,9-12(3)4)10-13(5)6/h1-20,26H,21H2;11-14H,8-10H2,1-7H3. The minimum absolute atomic E-state index is 0.893. The molecule has 4 aromatic rings. The summed E-state index contributed by atoms with van der Waals surface area (Å²) < 4.78 is 0. The molecule has 0 saturated carbocycles. The van der Waals surface area contributed by atoms with E-state index < -0.39 is 14.5 Å². The van der Waals surface area contributed by atoms with E-state index in [2.05, 4.69) is 170 Å². The van der Waals surface area contributed by atoms with Crippen molar-refractivity contribution in [3.05, 3.63) is 127 Å². The van der Waals surface area contributed by atoms with Crippen LogP contribution in [0.15, 0.2) is 121 Å². The molecule has 0 amide bonds. The molecule has 0 spiro atoms. The van der Waals surface area contributed by atoms with E-state index in [0.717, 1.165) is 23.9 Å². The van der Waals surface area contributed by atoms with Crippen LogP contribution in [0.2, 0.25) is 0 Å². The van der Waals surface area contributed by atoms with E-state index in [1.807, 2.05) is 0 Å². The first-order valence-electron chi connectivity index (χ1n) is 15.3. The monoisotopic (exact) mass is 572 g/mol.